The van der Waals surface area contributed by atoms with Gasteiger partial charge in [0.05, 0.1) is 10.7 Å². The number of carboxylic acids is 1. The van der Waals surface area contributed by atoms with Gasteiger partial charge in [-0.25, -0.2) is 4.39 Å². The Morgan fingerprint density at radius 3 is 2.80 bits per heavy atom. The number of nitrogens with zero attached hydrogens (tertiary/aromatic N) is 1. The summed E-state index contributed by atoms with van der Waals surface area (Å²) in [5.41, 5.74) is -0.00519. The highest BCUT2D eigenvalue weighted by molar-refractivity contribution is 6.30. The van der Waals surface area contributed by atoms with E-state index in [1.807, 2.05) is 0 Å². The summed E-state index contributed by atoms with van der Waals surface area (Å²) in [5.74, 6) is -2.47. The lowest BCUT2D eigenvalue weighted by Crippen LogP contribution is -2.16. The van der Waals surface area contributed by atoms with Gasteiger partial charge in [0, 0.05) is 6.20 Å². The zero-order valence-corrected chi connectivity index (χ0v) is 8.54. The molecule has 0 amide bonds. The molecule has 1 atom stereocenters. The number of halogens is 2. The fraction of sp³-hybridized carbons (Fsp3) is 0.400. The van der Waals surface area contributed by atoms with E-state index in [2.05, 4.69) is 4.98 Å². The van der Waals surface area contributed by atoms with E-state index in [4.69, 9.17) is 16.7 Å². The van der Waals surface area contributed by atoms with Gasteiger partial charge in [-0.2, -0.15) is 0 Å². The molecule has 5 heteroatoms. The van der Waals surface area contributed by atoms with Crippen molar-refractivity contribution >= 4 is 17.6 Å². The summed E-state index contributed by atoms with van der Waals surface area (Å²) < 4.78 is 13.4. The second-order valence-electron chi connectivity index (χ2n) is 3.67. The van der Waals surface area contributed by atoms with Crippen LogP contribution in [0.1, 0.15) is 24.5 Å². The molecule has 1 aromatic rings. The predicted octanol–water partition coefficient (Wildman–Crippen LogP) is 2.45. The summed E-state index contributed by atoms with van der Waals surface area (Å²) in [5, 5.41) is 9.17. The molecular weight excluding hydrogens is 221 g/mol. The van der Waals surface area contributed by atoms with Crippen LogP contribution in [0, 0.1) is 11.7 Å². The van der Waals surface area contributed by atoms with Gasteiger partial charge in [0.2, 0.25) is 0 Å². The first-order valence-electron chi connectivity index (χ1n) is 4.63. The predicted molar refractivity (Wildman–Crippen MR) is 52.3 cm³/mol. The summed E-state index contributed by atoms with van der Waals surface area (Å²) in [6.45, 7) is 0. The molecule has 1 aliphatic carbocycles. The lowest BCUT2D eigenvalue weighted by Gasteiger charge is -2.11. The lowest BCUT2D eigenvalue weighted by molar-refractivity contribution is -0.139. The zero-order chi connectivity index (χ0) is 11.0. The van der Waals surface area contributed by atoms with E-state index >= 15 is 0 Å². The van der Waals surface area contributed by atoms with Crippen LogP contribution in [0.3, 0.4) is 0 Å². The van der Waals surface area contributed by atoms with Crippen LogP contribution in [0.4, 0.5) is 4.39 Å². The van der Waals surface area contributed by atoms with Gasteiger partial charge < -0.3 is 5.11 Å². The van der Waals surface area contributed by atoms with Gasteiger partial charge >= 0.3 is 5.97 Å². The summed E-state index contributed by atoms with van der Waals surface area (Å²) in [6, 6.07) is 1.10. The van der Waals surface area contributed by atoms with Crippen molar-refractivity contribution in [2.75, 3.05) is 0 Å². The van der Waals surface area contributed by atoms with Crippen molar-refractivity contribution in [1.29, 1.82) is 0 Å². The Morgan fingerprint density at radius 2 is 2.33 bits per heavy atom. The Kier molecular flexibility index (Phi) is 2.61. The molecule has 1 fully saturated rings. The Labute approximate surface area is 90.9 Å². The van der Waals surface area contributed by atoms with Gasteiger partial charge in [-0.15, -0.1) is 0 Å². The molecule has 80 valence electrons. The normalized spacial score (nSPS) is 17.5. The molecule has 1 aliphatic rings. The number of rotatable bonds is 3. The molecule has 2 rings (SSSR count). The minimum atomic E-state index is -1.02. The number of pyridine rings is 1. The molecule has 15 heavy (non-hydrogen) atoms. The Bertz CT molecular complexity index is 406. The third-order valence-corrected chi connectivity index (χ3v) is 2.70. The molecule has 0 radical (unpaired) electrons. The average Bonchev–Trinajstić information content (AvgIpc) is 2.92. The van der Waals surface area contributed by atoms with Crippen LogP contribution in [-0.4, -0.2) is 16.1 Å². The minimum absolute atomic E-state index is 0.00519. The van der Waals surface area contributed by atoms with Crippen LogP contribution in [0.5, 0.6) is 0 Å². The molecule has 0 aromatic carbocycles. The van der Waals surface area contributed by atoms with Crippen LogP contribution in [0.25, 0.3) is 0 Å². The van der Waals surface area contributed by atoms with Crippen molar-refractivity contribution in [1.82, 2.24) is 4.98 Å². The molecule has 1 saturated carbocycles. The smallest absolute Gasteiger partial charge is 0.312 e. The maximum atomic E-state index is 13.4. The maximum absolute atomic E-state index is 13.4. The largest absolute Gasteiger partial charge is 0.481 e. The number of carbonyl (C=O) groups is 1. The molecule has 0 spiro atoms. The SMILES string of the molecule is O=C(O)C(c1ncc(Cl)cc1F)C1CC1. The molecule has 0 bridgehead atoms. The van der Waals surface area contributed by atoms with Crippen molar-refractivity contribution in [2.24, 2.45) is 5.92 Å². The van der Waals surface area contributed by atoms with Crippen molar-refractivity contribution < 1.29 is 14.3 Å². The number of aromatic nitrogens is 1. The molecule has 0 aliphatic heterocycles. The topological polar surface area (TPSA) is 50.2 Å². The molecule has 1 N–H and O–H groups in total. The lowest BCUT2D eigenvalue weighted by atomic mass is 9.99. The van der Waals surface area contributed by atoms with E-state index in [-0.39, 0.29) is 16.6 Å². The van der Waals surface area contributed by atoms with Crippen molar-refractivity contribution in [3.8, 4) is 0 Å². The molecular formula is C10H9ClFNO2. The average molecular weight is 230 g/mol. The fourth-order valence-electron chi connectivity index (χ4n) is 1.63. The highest BCUT2D eigenvalue weighted by Gasteiger charge is 2.39. The van der Waals surface area contributed by atoms with Gasteiger partial charge in [0.1, 0.15) is 11.7 Å². The first-order chi connectivity index (χ1) is 7.09. The van der Waals surface area contributed by atoms with E-state index in [0.29, 0.717) is 0 Å². The van der Waals surface area contributed by atoms with E-state index in [1.165, 1.54) is 6.20 Å². The second kappa shape index (κ2) is 3.77. The van der Waals surface area contributed by atoms with Crippen molar-refractivity contribution in [2.45, 2.75) is 18.8 Å². The summed E-state index contributed by atoms with van der Waals surface area (Å²) in [7, 11) is 0. The second-order valence-corrected chi connectivity index (χ2v) is 4.11. The standard InChI is InChI=1S/C10H9ClFNO2/c11-6-3-7(12)9(13-4-6)8(10(14)15)5-1-2-5/h3-5,8H,1-2H2,(H,14,15). The van der Waals surface area contributed by atoms with Gasteiger partial charge in [-0.3, -0.25) is 9.78 Å². The summed E-state index contributed by atoms with van der Waals surface area (Å²) in [6.07, 6.45) is 2.92. The van der Waals surface area contributed by atoms with Crippen LogP contribution in [-0.2, 0) is 4.79 Å². The molecule has 1 heterocycles. The highest BCUT2D eigenvalue weighted by Crippen LogP contribution is 2.42. The van der Waals surface area contributed by atoms with Crippen LogP contribution in [0.15, 0.2) is 12.3 Å². The number of hydrogen-bond donors (Lipinski definition) is 1. The Hall–Kier alpha value is -1.16. The van der Waals surface area contributed by atoms with Gasteiger partial charge in [0.15, 0.2) is 0 Å². The molecule has 0 saturated heterocycles. The first-order valence-corrected chi connectivity index (χ1v) is 5.01. The third kappa shape index (κ3) is 2.09. The highest BCUT2D eigenvalue weighted by atomic mass is 35.5. The Morgan fingerprint density at radius 1 is 1.67 bits per heavy atom. The number of hydrogen-bond acceptors (Lipinski definition) is 2. The van der Waals surface area contributed by atoms with Crippen LogP contribution >= 0.6 is 11.6 Å². The molecule has 1 unspecified atom stereocenters. The minimum Gasteiger partial charge on any atom is -0.481 e. The van der Waals surface area contributed by atoms with Crippen molar-refractivity contribution in [3.05, 3.63) is 28.8 Å². The zero-order valence-electron chi connectivity index (χ0n) is 7.78. The van der Waals surface area contributed by atoms with Crippen molar-refractivity contribution in [3.63, 3.8) is 0 Å². The Balaban J connectivity index is 2.37. The van der Waals surface area contributed by atoms with E-state index in [1.54, 1.807) is 0 Å². The van der Waals surface area contributed by atoms with Gasteiger partial charge in [-0.05, 0) is 24.8 Å². The monoisotopic (exact) mass is 229 g/mol. The third-order valence-electron chi connectivity index (χ3n) is 2.49. The van der Waals surface area contributed by atoms with Crippen LogP contribution < -0.4 is 0 Å². The molecule has 3 nitrogen and oxygen atoms in total. The summed E-state index contributed by atoms with van der Waals surface area (Å²) in [4.78, 5) is 14.8. The van der Waals surface area contributed by atoms with E-state index < -0.39 is 17.7 Å². The quantitative estimate of drug-likeness (QED) is 0.866. The fourth-order valence-corrected chi connectivity index (χ4v) is 1.77. The maximum Gasteiger partial charge on any atom is 0.312 e. The number of carboxylic acid groups (broad SMARTS) is 1. The van der Waals surface area contributed by atoms with E-state index in [9.17, 15) is 9.18 Å². The molecule has 1 aromatic heterocycles. The van der Waals surface area contributed by atoms with Gasteiger partial charge in [0.25, 0.3) is 0 Å². The summed E-state index contributed by atoms with van der Waals surface area (Å²) >= 11 is 5.55. The van der Waals surface area contributed by atoms with E-state index in [0.717, 1.165) is 18.9 Å². The number of aliphatic carboxylic acids is 1. The first kappa shape index (κ1) is 10.4. The van der Waals surface area contributed by atoms with Gasteiger partial charge in [-0.1, -0.05) is 11.6 Å². The van der Waals surface area contributed by atoms with Crippen LogP contribution in [0.2, 0.25) is 5.02 Å².